The molecule has 3 N–H and O–H groups in total. The van der Waals surface area contributed by atoms with Gasteiger partial charge in [-0.1, -0.05) is 24.3 Å². The average molecular weight is 360 g/mol. The molecule has 2 aromatic carbocycles. The minimum Gasteiger partial charge on any atom is -0.398 e. The number of nitrogens with zero attached hydrogens (tertiary/aromatic N) is 2. The third-order valence-electron chi connectivity index (χ3n) is 4.54. The highest BCUT2D eigenvalue weighted by atomic mass is 16.2. The molecule has 6 heteroatoms. The molecule has 2 aromatic rings. The number of nitrogens with one attached hydrogen (secondary N) is 1. The molecule has 0 aromatic heterocycles. The first-order chi connectivity index (χ1) is 12.9. The lowest BCUT2D eigenvalue weighted by molar-refractivity contribution is -0.114. The average Bonchev–Trinajstić information content (AvgIpc) is 2.96. The van der Waals surface area contributed by atoms with Gasteiger partial charge < -0.3 is 16.0 Å². The van der Waals surface area contributed by atoms with Crippen LogP contribution in [0.25, 0.3) is 11.1 Å². The Hall–Kier alpha value is -3.59. The van der Waals surface area contributed by atoms with Crippen LogP contribution in [0.1, 0.15) is 29.8 Å². The van der Waals surface area contributed by atoms with Gasteiger partial charge in [0.15, 0.2) is 0 Å². The van der Waals surface area contributed by atoms with E-state index in [4.69, 9.17) is 11.0 Å². The third-order valence-corrected chi connectivity index (χ3v) is 4.54. The Morgan fingerprint density at radius 3 is 2.81 bits per heavy atom. The van der Waals surface area contributed by atoms with Crippen molar-refractivity contribution in [2.24, 2.45) is 0 Å². The van der Waals surface area contributed by atoms with E-state index in [2.05, 4.69) is 11.4 Å². The van der Waals surface area contributed by atoms with Gasteiger partial charge in [-0.05, 0) is 41.8 Å². The molecule has 136 valence electrons. The summed E-state index contributed by atoms with van der Waals surface area (Å²) in [5, 5.41) is 11.9. The molecule has 1 aliphatic heterocycles. The van der Waals surface area contributed by atoms with Crippen molar-refractivity contribution in [1.29, 1.82) is 5.26 Å². The second-order valence-corrected chi connectivity index (χ2v) is 6.40. The number of carbonyl (C=O) groups is 2. The van der Waals surface area contributed by atoms with E-state index in [9.17, 15) is 9.59 Å². The summed E-state index contributed by atoms with van der Waals surface area (Å²) in [5.41, 5.74) is 10.8. The smallest absolute Gasteiger partial charge is 0.256 e. The molecule has 0 atom stereocenters. The van der Waals surface area contributed by atoms with Crippen LogP contribution in [0.3, 0.4) is 0 Å². The van der Waals surface area contributed by atoms with E-state index < -0.39 is 0 Å². The van der Waals surface area contributed by atoms with Crippen LogP contribution in [0.5, 0.6) is 0 Å². The Morgan fingerprint density at radius 1 is 1.37 bits per heavy atom. The van der Waals surface area contributed by atoms with Gasteiger partial charge in [-0.15, -0.1) is 0 Å². The van der Waals surface area contributed by atoms with Crippen LogP contribution in [0.15, 0.2) is 48.0 Å². The lowest BCUT2D eigenvalue weighted by Crippen LogP contribution is -2.26. The van der Waals surface area contributed by atoms with E-state index in [1.54, 1.807) is 24.0 Å². The van der Waals surface area contributed by atoms with Crippen LogP contribution in [-0.2, 0) is 11.3 Å². The number of benzene rings is 2. The number of hydrogen-bond donors (Lipinski definition) is 2. The molecule has 1 aliphatic rings. The predicted molar refractivity (Wildman–Crippen MR) is 105 cm³/mol. The van der Waals surface area contributed by atoms with Crippen molar-refractivity contribution in [3.05, 3.63) is 59.2 Å². The zero-order valence-corrected chi connectivity index (χ0v) is 15.2. The fourth-order valence-corrected chi connectivity index (χ4v) is 3.27. The summed E-state index contributed by atoms with van der Waals surface area (Å²) < 4.78 is 0. The van der Waals surface area contributed by atoms with E-state index in [-0.39, 0.29) is 18.4 Å². The normalized spacial score (nSPS) is 13.3. The number of amides is 2. The maximum atomic E-state index is 12.8. The van der Waals surface area contributed by atoms with Gasteiger partial charge in [-0.25, -0.2) is 0 Å². The Bertz CT molecular complexity index is 1000. The van der Waals surface area contributed by atoms with Gasteiger partial charge in [0, 0.05) is 30.4 Å². The number of nitrogens with two attached hydrogens (primary N) is 1. The number of fused-ring (bicyclic) bond motifs is 1. The van der Waals surface area contributed by atoms with Crippen molar-refractivity contribution >= 4 is 23.2 Å². The quantitative estimate of drug-likeness (QED) is 0.645. The summed E-state index contributed by atoms with van der Waals surface area (Å²) in [4.78, 5) is 25.8. The largest absolute Gasteiger partial charge is 0.398 e. The Morgan fingerprint density at radius 2 is 2.15 bits per heavy atom. The minimum atomic E-state index is -0.169. The van der Waals surface area contributed by atoms with Crippen LogP contribution in [0.4, 0.5) is 11.4 Å². The lowest BCUT2D eigenvalue weighted by atomic mass is 9.95. The van der Waals surface area contributed by atoms with Crippen molar-refractivity contribution in [3.8, 4) is 17.2 Å². The number of nitriles is 1. The summed E-state index contributed by atoms with van der Waals surface area (Å²) in [6, 6.07) is 13.2. The zero-order chi connectivity index (χ0) is 19.6. The Kier molecular flexibility index (Phi) is 4.95. The Balaban J connectivity index is 2.02. The third kappa shape index (κ3) is 3.53. The van der Waals surface area contributed by atoms with Crippen LogP contribution in [0, 0.1) is 11.3 Å². The highest BCUT2D eigenvalue weighted by Crippen LogP contribution is 2.37. The highest BCUT2D eigenvalue weighted by molar-refractivity contribution is 6.05. The molecule has 0 radical (unpaired) electrons. The van der Waals surface area contributed by atoms with Crippen molar-refractivity contribution in [1.82, 2.24) is 4.90 Å². The number of carbonyl (C=O) groups excluding carboxylic acids is 2. The fraction of sp³-hybridized carbons (Fsp3) is 0.190. The predicted octanol–water partition coefficient (Wildman–Crippen LogP) is 3.32. The van der Waals surface area contributed by atoms with E-state index >= 15 is 0 Å². The first kappa shape index (κ1) is 18.2. The Labute approximate surface area is 157 Å². The van der Waals surface area contributed by atoms with E-state index in [0.29, 0.717) is 29.1 Å². The molecule has 0 saturated heterocycles. The SMILES string of the molecule is CC=C(C#N)CN1Cc2c(-c3cccc(NC(C)=O)c3)ccc(N)c2C1=O. The van der Waals surface area contributed by atoms with Crippen molar-refractivity contribution in [2.45, 2.75) is 20.4 Å². The summed E-state index contributed by atoms with van der Waals surface area (Å²) in [5.74, 6) is -0.316. The second kappa shape index (κ2) is 7.34. The number of nitrogen functional groups attached to an aromatic ring is 1. The molecule has 3 rings (SSSR count). The number of anilines is 2. The van der Waals surface area contributed by atoms with Crippen molar-refractivity contribution in [3.63, 3.8) is 0 Å². The van der Waals surface area contributed by atoms with Crippen LogP contribution in [-0.4, -0.2) is 23.3 Å². The molecule has 6 nitrogen and oxygen atoms in total. The highest BCUT2D eigenvalue weighted by Gasteiger charge is 2.32. The van der Waals surface area contributed by atoms with Gasteiger partial charge in [0.1, 0.15) is 0 Å². The number of rotatable bonds is 4. The van der Waals surface area contributed by atoms with E-state index in [0.717, 1.165) is 16.7 Å². The molecule has 2 amide bonds. The molecule has 0 bridgehead atoms. The second-order valence-electron chi connectivity index (χ2n) is 6.40. The number of hydrogen-bond acceptors (Lipinski definition) is 4. The molecule has 0 unspecified atom stereocenters. The number of allylic oxidation sites excluding steroid dienone is 1. The maximum Gasteiger partial charge on any atom is 0.256 e. The molecule has 1 heterocycles. The van der Waals surface area contributed by atoms with Crippen molar-refractivity contribution in [2.75, 3.05) is 17.6 Å². The topological polar surface area (TPSA) is 99.2 Å². The standard InChI is InChI=1S/C21H20N4O2/c1-3-14(10-22)11-25-12-18-17(7-8-19(23)20(18)21(25)27)15-5-4-6-16(9-15)24-13(2)26/h3-9H,11-12,23H2,1-2H3,(H,24,26). The van der Waals surface area contributed by atoms with Gasteiger partial charge in [0.2, 0.25) is 5.91 Å². The molecule has 0 aliphatic carbocycles. The molecular weight excluding hydrogens is 340 g/mol. The molecule has 0 spiro atoms. The molecular formula is C21H20N4O2. The first-order valence-corrected chi connectivity index (χ1v) is 8.58. The first-order valence-electron chi connectivity index (χ1n) is 8.58. The van der Waals surface area contributed by atoms with Gasteiger partial charge in [0.25, 0.3) is 5.91 Å². The van der Waals surface area contributed by atoms with Crippen LogP contribution in [0.2, 0.25) is 0 Å². The van der Waals surface area contributed by atoms with E-state index in [1.165, 1.54) is 6.92 Å². The fourth-order valence-electron chi connectivity index (χ4n) is 3.27. The molecule has 0 saturated carbocycles. The van der Waals surface area contributed by atoms with Crippen LogP contribution >= 0.6 is 0 Å². The van der Waals surface area contributed by atoms with E-state index in [1.807, 2.05) is 30.3 Å². The zero-order valence-electron chi connectivity index (χ0n) is 15.2. The van der Waals surface area contributed by atoms with Crippen molar-refractivity contribution < 1.29 is 9.59 Å². The van der Waals surface area contributed by atoms with Gasteiger partial charge in [-0.2, -0.15) is 5.26 Å². The summed E-state index contributed by atoms with van der Waals surface area (Å²) in [7, 11) is 0. The summed E-state index contributed by atoms with van der Waals surface area (Å²) >= 11 is 0. The minimum absolute atomic E-state index is 0.147. The summed E-state index contributed by atoms with van der Waals surface area (Å²) in [6.45, 7) is 3.88. The van der Waals surface area contributed by atoms with Crippen LogP contribution < -0.4 is 11.1 Å². The van der Waals surface area contributed by atoms with Gasteiger partial charge in [-0.3, -0.25) is 9.59 Å². The van der Waals surface area contributed by atoms with Gasteiger partial charge >= 0.3 is 0 Å². The molecule has 0 fully saturated rings. The monoisotopic (exact) mass is 360 g/mol. The summed E-state index contributed by atoms with van der Waals surface area (Å²) in [6.07, 6.45) is 1.71. The molecule has 27 heavy (non-hydrogen) atoms. The lowest BCUT2D eigenvalue weighted by Gasteiger charge is -2.15. The van der Waals surface area contributed by atoms with Gasteiger partial charge in [0.05, 0.1) is 18.2 Å². The maximum absolute atomic E-state index is 12.8.